The molecule has 1 heterocycles. The van der Waals surface area contributed by atoms with E-state index in [0.717, 1.165) is 18.8 Å². The number of benzene rings is 2. The lowest BCUT2D eigenvalue weighted by Crippen LogP contribution is -2.29. The molecule has 0 bridgehead atoms. The summed E-state index contributed by atoms with van der Waals surface area (Å²) in [4.78, 5) is 14.8. The highest BCUT2D eigenvalue weighted by Crippen LogP contribution is 2.29. The minimum Gasteiger partial charge on any atom is -0.496 e. The molecule has 5 nitrogen and oxygen atoms in total. The number of anilines is 2. The van der Waals surface area contributed by atoms with E-state index in [0.29, 0.717) is 22.0 Å². The van der Waals surface area contributed by atoms with Crippen molar-refractivity contribution in [2.75, 3.05) is 30.4 Å². The van der Waals surface area contributed by atoms with Crippen LogP contribution >= 0.6 is 11.6 Å². The zero-order valence-corrected chi connectivity index (χ0v) is 16.5. The summed E-state index contributed by atoms with van der Waals surface area (Å²) in [6.45, 7) is 2.07. The lowest BCUT2D eigenvalue weighted by atomic mass is 10.1. The van der Waals surface area contributed by atoms with E-state index in [1.807, 2.05) is 24.3 Å². The zero-order chi connectivity index (χ0) is 19.9. The van der Waals surface area contributed by atoms with Gasteiger partial charge in [-0.05, 0) is 61.7 Å². The summed E-state index contributed by atoms with van der Waals surface area (Å²) in [5.41, 5.74) is 2.35. The molecule has 1 aliphatic heterocycles. The molecule has 1 saturated heterocycles. The van der Waals surface area contributed by atoms with Crippen LogP contribution in [-0.4, -0.2) is 26.1 Å². The fraction of sp³-hybridized carbons (Fsp3) is 0.273. The molecule has 6 heteroatoms. The first-order chi connectivity index (χ1) is 13.6. The van der Waals surface area contributed by atoms with E-state index in [1.54, 1.807) is 37.5 Å². The number of carbonyl (C=O) groups is 1. The van der Waals surface area contributed by atoms with Gasteiger partial charge in [0.05, 0.1) is 7.11 Å². The lowest BCUT2D eigenvalue weighted by molar-refractivity contribution is -0.112. The van der Waals surface area contributed by atoms with Gasteiger partial charge in [0.15, 0.2) is 0 Å². The number of piperidine rings is 1. The number of methoxy groups -OCH3 is 1. The zero-order valence-electron chi connectivity index (χ0n) is 15.7. The largest absolute Gasteiger partial charge is 0.496 e. The first kappa shape index (κ1) is 19.8. The van der Waals surface area contributed by atoms with Crippen molar-refractivity contribution in [2.45, 2.75) is 19.3 Å². The van der Waals surface area contributed by atoms with Gasteiger partial charge in [-0.2, -0.15) is 5.26 Å². The predicted octanol–water partition coefficient (Wildman–Crippen LogP) is 4.88. The van der Waals surface area contributed by atoms with Crippen molar-refractivity contribution in [3.8, 4) is 11.8 Å². The predicted molar refractivity (Wildman–Crippen MR) is 113 cm³/mol. The van der Waals surface area contributed by atoms with Crippen molar-refractivity contribution >= 4 is 35.0 Å². The molecule has 0 aliphatic carbocycles. The Morgan fingerprint density at radius 3 is 2.54 bits per heavy atom. The number of halogens is 1. The molecule has 0 saturated carbocycles. The van der Waals surface area contributed by atoms with Crippen molar-refractivity contribution in [3.63, 3.8) is 0 Å². The van der Waals surface area contributed by atoms with E-state index < -0.39 is 5.91 Å². The number of nitrogens with zero attached hydrogens (tertiary/aromatic N) is 2. The van der Waals surface area contributed by atoms with Crippen molar-refractivity contribution in [1.29, 1.82) is 5.26 Å². The molecule has 1 N–H and O–H groups in total. The van der Waals surface area contributed by atoms with Gasteiger partial charge in [-0.1, -0.05) is 11.6 Å². The molecule has 0 spiro atoms. The van der Waals surface area contributed by atoms with Crippen LogP contribution < -0.4 is 15.0 Å². The Kier molecular flexibility index (Phi) is 6.57. The van der Waals surface area contributed by atoms with E-state index in [-0.39, 0.29) is 5.57 Å². The van der Waals surface area contributed by atoms with Gasteiger partial charge in [-0.3, -0.25) is 4.79 Å². The fourth-order valence-corrected chi connectivity index (χ4v) is 3.33. The second-order valence-corrected chi connectivity index (χ2v) is 7.04. The molecule has 3 rings (SSSR count). The molecule has 28 heavy (non-hydrogen) atoms. The number of ether oxygens (including phenoxy) is 1. The van der Waals surface area contributed by atoms with Gasteiger partial charge in [-0.25, -0.2) is 0 Å². The quantitative estimate of drug-likeness (QED) is 0.578. The Balaban J connectivity index is 1.81. The second kappa shape index (κ2) is 9.29. The Hall–Kier alpha value is -2.97. The molecular formula is C22H22ClN3O2. The molecule has 1 fully saturated rings. The highest BCUT2D eigenvalue weighted by Gasteiger charge is 2.15. The van der Waals surface area contributed by atoms with Crippen LogP contribution in [0.3, 0.4) is 0 Å². The Bertz CT molecular complexity index is 910. The number of hydrogen-bond acceptors (Lipinski definition) is 4. The number of nitrogens with one attached hydrogen (secondary N) is 1. The number of hydrogen-bond donors (Lipinski definition) is 1. The molecule has 1 aliphatic rings. The third-order valence-electron chi connectivity index (χ3n) is 4.71. The molecule has 0 unspecified atom stereocenters. The monoisotopic (exact) mass is 395 g/mol. The molecule has 0 atom stereocenters. The molecule has 0 radical (unpaired) electrons. The normalized spacial score (nSPS) is 14.3. The average Bonchev–Trinajstić information content (AvgIpc) is 2.74. The van der Waals surface area contributed by atoms with Gasteiger partial charge in [0.1, 0.15) is 17.4 Å². The summed E-state index contributed by atoms with van der Waals surface area (Å²) >= 11 is 5.85. The second-order valence-electron chi connectivity index (χ2n) is 6.60. The van der Waals surface area contributed by atoms with Crippen LogP contribution in [-0.2, 0) is 4.79 Å². The van der Waals surface area contributed by atoms with Crippen molar-refractivity contribution in [2.24, 2.45) is 0 Å². The number of rotatable bonds is 5. The van der Waals surface area contributed by atoms with Crippen molar-refractivity contribution in [1.82, 2.24) is 0 Å². The van der Waals surface area contributed by atoms with Crippen LogP contribution in [0.2, 0.25) is 5.02 Å². The highest BCUT2D eigenvalue weighted by atomic mass is 35.5. The first-order valence-corrected chi connectivity index (χ1v) is 9.60. The van der Waals surface area contributed by atoms with Gasteiger partial charge in [0.25, 0.3) is 5.91 Å². The minimum absolute atomic E-state index is 0.000951. The van der Waals surface area contributed by atoms with Gasteiger partial charge in [0.2, 0.25) is 0 Å². The lowest BCUT2D eigenvalue weighted by Gasteiger charge is -2.29. The molecule has 2 aromatic rings. The number of carbonyl (C=O) groups excluding carboxylic acids is 1. The molecular weight excluding hydrogens is 374 g/mol. The third-order valence-corrected chi connectivity index (χ3v) is 4.96. The first-order valence-electron chi connectivity index (χ1n) is 9.22. The highest BCUT2D eigenvalue weighted by molar-refractivity contribution is 6.30. The van der Waals surface area contributed by atoms with Crippen LogP contribution in [0.1, 0.15) is 24.8 Å². The standard InChI is InChI=1S/C22H22ClN3O2/c1-28-21-14-20(26-11-3-2-4-12-26)10-5-16(21)13-17(15-24)22(27)25-19-8-6-18(23)7-9-19/h5-10,13-14H,2-4,11-12H2,1H3,(H,25,27)/b17-13-. The van der Waals surface area contributed by atoms with Gasteiger partial charge in [-0.15, -0.1) is 0 Å². The maximum atomic E-state index is 12.5. The maximum Gasteiger partial charge on any atom is 0.266 e. The number of nitriles is 1. The SMILES string of the molecule is COc1cc(N2CCCCC2)ccc1/C=C(/C#N)C(=O)Nc1ccc(Cl)cc1. The average molecular weight is 396 g/mol. The van der Waals surface area contributed by atoms with Crippen LogP contribution in [0.15, 0.2) is 48.0 Å². The van der Waals surface area contributed by atoms with Crippen LogP contribution in [0.4, 0.5) is 11.4 Å². The summed E-state index contributed by atoms with van der Waals surface area (Å²) in [5.74, 6) is 0.155. The topological polar surface area (TPSA) is 65.4 Å². The van der Waals surface area contributed by atoms with E-state index in [4.69, 9.17) is 16.3 Å². The molecule has 1 amide bonds. The third kappa shape index (κ3) is 4.85. The molecule has 2 aromatic carbocycles. The molecule has 144 valence electrons. The summed E-state index contributed by atoms with van der Waals surface area (Å²) in [7, 11) is 1.59. The van der Waals surface area contributed by atoms with Crippen molar-refractivity contribution < 1.29 is 9.53 Å². The Labute approximate surface area is 170 Å². The van der Waals surface area contributed by atoms with Gasteiger partial charge >= 0.3 is 0 Å². The summed E-state index contributed by atoms with van der Waals surface area (Å²) in [6.07, 6.45) is 5.19. The van der Waals surface area contributed by atoms with Crippen LogP contribution in [0.25, 0.3) is 6.08 Å². The van der Waals surface area contributed by atoms with Gasteiger partial charge < -0.3 is 15.0 Å². The Morgan fingerprint density at radius 2 is 1.89 bits per heavy atom. The maximum absolute atomic E-state index is 12.5. The fourth-order valence-electron chi connectivity index (χ4n) is 3.20. The molecule has 0 aromatic heterocycles. The van der Waals surface area contributed by atoms with Crippen LogP contribution in [0, 0.1) is 11.3 Å². The smallest absolute Gasteiger partial charge is 0.266 e. The van der Waals surface area contributed by atoms with E-state index in [1.165, 1.54) is 19.3 Å². The Morgan fingerprint density at radius 1 is 1.18 bits per heavy atom. The van der Waals surface area contributed by atoms with E-state index in [2.05, 4.69) is 10.2 Å². The van der Waals surface area contributed by atoms with E-state index in [9.17, 15) is 10.1 Å². The number of amides is 1. The van der Waals surface area contributed by atoms with E-state index >= 15 is 0 Å². The van der Waals surface area contributed by atoms with Crippen LogP contribution in [0.5, 0.6) is 5.75 Å². The summed E-state index contributed by atoms with van der Waals surface area (Å²) < 4.78 is 5.51. The summed E-state index contributed by atoms with van der Waals surface area (Å²) in [6, 6.07) is 14.5. The van der Waals surface area contributed by atoms with Gasteiger partial charge in [0, 0.05) is 41.1 Å². The summed E-state index contributed by atoms with van der Waals surface area (Å²) in [5, 5.41) is 12.7. The van der Waals surface area contributed by atoms with Crippen molar-refractivity contribution in [3.05, 3.63) is 58.6 Å². The minimum atomic E-state index is -0.480.